The Morgan fingerprint density at radius 3 is 1.62 bits per heavy atom. The fraction of sp³-hybridized carbons (Fsp3) is 0.296. The summed E-state index contributed by atoms with van der Waals surface area (Å²) in [4.78, 5) is 2.39. The lowest BCUT2D eigenvalue weighted by atomic mass is 9.70. The Bertz CT molecular complexity index is 885. The topological polar surface area (TPSA) is 27.0 Å². The summed E-state index contributed by atoms with van der Waals surface area (Å²) in [5.74, 6) is 0. The number of hydrogen-bond donors (Lipinski definition) is 0. The van der Waals surface area contributed by atoms with Crippen molar-refractivity contribution >= 4 is 0 Å². The molecule has 3 aromatic rings. The third-order valence-electron chi connectivity index (χ3n) is 6.13. The second-order valence-electron chi connectivity index (χ2n) is 8.40. The predicted octanol–water partition coefficient (Wildman–Crippen LogP) is 6.19. The van der Waals surface area contributed by atoms with Crippen molar-refractivity contribution in [1.29, 1.82) is 5.26 Å². The molecule has 0 aliphatic carbocycles. The standard InChI is InChI=1S/C27H30N2/c1-26(2,29(3)21-23-13-7-4-8-14-23)19-20-27(22-28,24-15-9-5-10-16-24)25-17-11-6-12-18-25/h4-18H,19-21H2,1-3H3. The first-order valence-corrected chi connectivity index (χ1v) is 10.3. The molecule has 0 radical (unpaired) electrons. The number of hydrogen-bond acceptors (Lipinski definition) is 2. The highest BCUT2D eigenvalue weighted by Crippen LogP contribution is 2.38. The minimum atomic E-state index is -0.645. The van der Waals surface area contributed by atoms with E-state index in [4.69, 9.17) is 0 Å². The molecule has 0 saturated heterocycles. The van der Waals surface area contributed by atoms with Gasteiger partial charge in [-0.3, -0.25) is 4.90 Å². The summed E-state index contributed by atoms with van der Waals surface area (Å²) < 4.78 is 0. The first kappa shape index (κ1) is 20.8. The van der Waals surface area contributed by atoms with Crippen LogP contribution >= 0.6 is 0 Å². The SMILES string of the molecule is CN(Cc1ccccc1)C(C)(C)CCC(C#N)(c1ccccc1)c1ccccc1. The third-order valence-corrected chi connectivity index (χ3v) is 6.13. The first-order valence-electron chi connectivity index (χ1n) is 10.3. The van der Waals surface area contributed by atoms with Gasteiger partial charge in [-0.2, -0.15) is 5.26 Å². The average Bonchev–Trinajstić information content (AvgIpc) is 2.77. The molecular weight excluding hydrogens is 352 g/mol. The van der Waals surface area contributed by atoms with E-state index in [9.17, 15) is 5.26 Å². The average molecular weight is 383 g/mol. The lowest BCUT2D eigenvalue weighted by molar-refractivity contribution is 0.130. The Labute approximate surface area is 175 Å². The minimum absolute atomic E-state index is 0.0402. The smallest absolute Gasteiger partial charge is 0.107 e. The Balaban J connectivity index is 1.86. The molecule has 29 heavy (non-hydrogen) atoms. The van der Waals surface area contributed by atoms with Crippen molar-refractivity contribution in [2.24, 2.45) is 0 Å². The van der Waals surface area contributed by atoms with Crippen LogP contribution in [-0.4, -0.2) is 17.5 Å². The molecule has 0 unspecified atom stereocenters. The Hall–Kier alpha value is -2.89. The number of nitriles is 1. The van der Waals surface area contributed by atoms with E-state index in [1.54, 1.807) is 0 Å². The van der Waals surface area contributed by atoms with Gasteiger partial charge < -0.3 is 0 Å². The van der Waals surface area contributed by atoms with Gasteiger partial charge in [0.2, 0.25) is 0 Å². The van der Waals surface area contributed by atoms with Crippen LogP contribution in [0.3, 0.4) is 0 Å². The Morgan fingerprint density at radius 2 is 1.17 bits per heavy atom. The van der Waals surface area contributed by atoms with E-state index in [1.165, 1.54) is 5.56 Å². The van der Waals surface area contributed by atoms with Crippen LogP contribution in [-0.2, 0) is 12.0 Å². The molecule has 0 aromatic heterocycles. The van der Waals surface area contributed by atoms with Crippen molar-refractivity contribution in [3.05, 3.63) is 108 Å². The van der Waals surface area contributed by atoms with E-state index < -0.39 is 5.41 Å². The van der Waals surface area contributed by atoms with Crippen molar-refractivity contribution in [2.45, 2.75) is 44.2 Å². The number of nitrogens with zero attached hydrogens (tertiary/aromatic N) is 2. The van der Waals surface area contributed by atoms with Gasteiger partial charge in [-0.05, 0) is 50.4 Å². The molecule has 0 N–H and O–H groups in total. The molecule has 0 fully saturated rings. The van der Waals surface area contributed by atoms with E-state index in [1.807, 2.05) is 36.4 Å². The maximum atomic E-state index is 10.4. The van der Waals surface area contributed by atoms with Crippen molar-refractivity contribution in [2.75, 3.05) is 7.05 Å². The molecule has 0 spiro atoms. The van der Waals surface area contributed by atoms with Crippen molar-refractivity contribution in [1.82, 2.24) is 4.90 Å². The summed E-state index contributed by atoms with van der Waals surface area (Å²) in [6.45, 7) is 5.44. The zero-order chi connectivity index (χ0) is 20.7. The summed E-state index contributed by atoms with van der Waals surface area (Å²) in [6, 6.07) is 33.7. The molecule has 0 atom stereocenters. The van der Waals surface area contributed by atoms with Crippen molar-refractivity contribution in [3.63, 3.8) is 0 Å². The van der Waals surface area contributed by atoms with E-state index in [0.717, 1.165) is 30.5 Å². The van der Waals surface area contributed by atoms with Gasteiger partial charge in [-0.15, -0.1) is 0 Å². The summed E-state index contributed by atoms with van der Waals surface area (Å²) in [5, 5.41) is 10.4. The van der Waals surface area contributed by atoms with Crippen LogP contribution in [0.25, 0.3) is 0 Å². The summed E-state index contributed by atoms with van der Waals surface area (Å²) in [7, 11) is 2.17. The van der Waals surface area contributed by atoms with Crippen LogP contribution in [0.1, 0.15) is 43.4 Å². The van der Waals surface area contributed by atoms with Gasteiger partial charge in [0.25, 0.3) is 0 Å². The highest BCUT2D eigenvalue weighted by molar-refractivity contribution is 5.45. The molecule has 148 valence electrons. The zero-order valence-electron chi connectivity index (χ0n) is 17.7. The maximum Gasteiger partial charge on any atom is 0.107 e. The number of benzene rings is 3. The van der Waals surface area contributed by atoms with Gasteiger partial charge in [0.05, 0.1) is 6.07 Å². The van der Waals surface area contributed by atoms with Gasteiger partial charge in [-0.1, -0.05) is 91.0 Å². The molecular formula is C27H30N2. The molecule has 0 aliphatic rings. The lowest BCUT2D eigenvalue weighted by Gasteiger charge is -2.39. The third kappa shape index (κ3) is 4.75. The second kappa shape index (κ2) is 9.07. The minimum Gasteiger partial charge on any atom is -0.297 e. The fourth-order valence-corrected chi connectivity index (χ4v) is 3.84. The lowest BCUT2D eigenvalue weighted by Crippen LogP contribution is -2.42. The molecule has 0 heterocycles. The van der Waals surface area contributed by atoms with Crippen LogP contribution in [0, 0.1) is 11.3 Å². The van der Waals surface area contributed by atoms with Crippen LogP contribution in [0.5, 0.6) is 0 Å². The van der Waals surface area contributed by atoms with Crippen LogP contribution in [0.2, 0.25) is 0 Å². The van der Waals surface area contributed by atoms with E-state index >= 15 is 0 Å². The van der Waals surface area contributed by atoms with Crippen molar-refractivity contribution < 1.29 is 0 Å². The zero-order valence-corrected chi connectivity index (χ0v) is 17.7. The van der Waals surface area contributed by atoms with Gasteiger partial charge in [0.1, 0.15) is 5.41 Å². The molecule has 0 amide bonds. The molecule has 0 bridgehead atoms. The van der Waals surface area contributed by atoms with Gasteiger partial charge in [-0.25, -0.2) is 0 Å². The molecule has 0 aliphatic heterocycles. The fourth-order valence-electron chi connectivity index (χ4n) is 3.84. The molecule has 3 aromatic carbocycles. The monoisotopic (exact) mass is 382 g/mol. The Morgan fingerprint density at radius 1 is 0.724 bits per heavy atom. The first-order chi connectivity index (χ1) is 14.0. The van der Waals surface area contributed by atoms with Gasteiger partial charge >= 0.3 is 0 Å². The summed E-state index contributed by atoms with van der Waals surface area (Å²) in [6.07, 6.45) is 1.68. The molecule has 3 rings (SSSR count). The Kier molecular flexibility index (Phi) is 6.52. The molecule has 0 saturated carbocycles. The van der Waals surface area contributed by atoms with Crippen molar-refractivity contribution in [3.8, 4) is 6.07 Å². The van der Waals surface area contributed by atoms with E-state index in [-0.39, 0.29) is 5.54 Å². The largest absolute Gasteiger partial charge is 0.297 e. The summed E-state index contributed by atoms with van der Waals surface area (Å²) >= 11 is 0. The normalized spacial score (nSPS) is 12.0. The van der Waals surface area contributed by atoms with Gasteiger partial charge in [0.15, 0.2) is 0 Å². The van der Waals surface area contributed by atoms with Crippen LogP contribution in [0.4, 0.5) is 0 Å². The quantitative estimate of drug-likeness (QED) is 0.465. The number of rotatable bonds is 8. The molecule has 2 heteroatoms. The van der Waals surface area contributed by atoms with Crippen LogP contribution < -0.4 is 0 Å². The highest BCUT2D eigenvalue weighted by atomic mass is 15.2. The summed E-state index contributed by atoms with van der Waals surface area (Å²) in [5.41, 5.74) is 2.75. The predicted molar refractivity (Wildman–Crippen MR) is 120 cm³/mol. The van der Waals surface area contributed by atoms with E-state index in [0.29, 0.717) is 0 Å². The highest BCUT2D eigenvalue weighted by Gasteiger charge is 2.37. The molecule has 2 nitrogen and oxygen atoms in total. The maximum absolute atomic E-state index is 10.4. The van der Waals surface area contributed by atoms with Gasteiger partial charge in [0, 0.05) is 12.1 Å². The van der Waals surface area contributed by atoms with Crippen LogP contribution in [0.15, 0.2) is 91.0 Å². The van der Waals surface area contributed by atoms with E-state index in [2.05, 4.69) is 86.5 Å². The second-order valence-corrected chi connectivity index (χ2v) is 8.40.